The third-order valence-electron chi connectivity index (χ3n) is 2.69. The third kappa shape index (κ3) is 4.06. The molecule has 2 rings (SSSR count). The van der Waals surface area contributed by atoms with E-state index in [-0.39, 0.29) is 11.7 Å². The van der Waals surface area contributed by atoms with Crippen molar-refractivity contribution in [3.05, 3.63) is 58.1 Å². The Morgan fingerprint density at radius 2 is 2.14 bits per heavy atom. The summed E-state index contributed by atoms with van der Waals surface area (Å²) in [6.45, 7) is 0. The van der Waals surface area contributed by atoms with Gasteiger partial charge in [0, 0.05) is 15.6 Å². The molecule has 0 unspecified atom stereocenters. The Morgan fingerprint density at radius 3 is 2.86 bits per heavy atom. The zero-order chi connectivity index (χ0) is 15.2. The first-order valence-electron chi connectivity index (χ1n) is 6.06. The first kappa shape index (κ1) is 15.1. The number of benzene rings is 2. The van der Waals surface area contributed by atoms with Crippen LogP contribution >= 0.6 is 15.9 Å². The van der Waals surface area contributed by atoms with Crippen LogP contribution in [0.2, 0.25) is 0 Å². The van der Waals surface area contributed by atoms with E-state index in [4.69, 9.17) is 4.74 Å². The molecule has 0 fully saturated rings. The largest absolute Gasteiger partial charge is 0.507 e. The molecular formula is C15H13BrN2O3. The van der Waals surface area contributed by atoms with E-state index in [0.29, 0.717) is 16.9 Å². The van der Waals surface area contributed by atoms with Crippen LogP contribution in [0.25, 0.3) is 0 Å². The van der Waals surface area contributed by atoms with E-state index in [0.717, 1.165) is 4.47 Å². The number of nitrogens with zero attached hydrogens (tertiary/aromatic N) is 1. The highest BCUT2D eigenvalue weighted by atomic mass is 79.9. The maximum atomic E-state index is 11.9. The van der Waals surface area contributed by atoms with Crippen molar-refractivity contribution in [1.29, 1.82) is 0 Å². The fraction of sp³-hybridized carbons (Fsp3) is 0.0667. The molecular weight excluding hydrogens is 336 g/mol. The number of phenols is 1. The molecule has 0 heterocycles. The summed E-state index contributed by atoms with van der Waals surface area (Å²) in [5.41, 5.74) is 3.33. The van der Waals surface area contributed by atoms with Crippen LogP contribution in [0.4, 0.5) is 0 Å². The van der Waals surface area contributed by atoms with Crippen molar-refractivity contribution < 1.29 is 14.6 Å². The summed E-state index contributed by atoms with van der Waals surface area (Å²) in [6, 6.07) is 11.7. The Labute approximate surface area is 130 Å². The molecule has 0 aliphatic carbocycles. The highest BCUT2D eigenvalue weighted by molar-refractivity contribution is 9.10. The topological polar surface area (TPSA) is 70.9 Å². The first-order chi connectivity index (χ1) is 10.1. The van der Waals surface area contributed by atoms with E-state index in [1.807, 2.05) is 6.07 Å². The van der Waals surface area contributed by atoms with Crippen LogP contribution in [-0.2, 0) is 0 Å². The number of methoxy groups -OCH3 is 1. The highest BCUT2D eigenvalue weighted by Crippen LogP contribution is 2.21. The second-order valence-electron chi connectivity index (χ2n) is 4.13. The molecule has 21 heavy (non-hydrogen) atoms. The molecule has 0 bridgehead atoms. The number of carbonyl (C=O) groups excluding carboxylic acids is 1. The van der Waals surface area contributed by atoms with Crippen LogP contribution in [0.1, 0.15) is 15.9 Å². The molecule has 2 aromatic carbocycles. The van der Waals surface area contributed by atoms with Gasteiger partial charge in [-0.25, -0.2) is 5.43 Å². The quantitative estimate of drug-likeness (QED) is 0.659. The van der Waals surface area contributed by atoms with Crippen LogP contribution in [0.3, 0.4) is 0 Å². The number of rotatable bonds is 4. The SMILES string of the molecule is COc1ccc(O)c(/C=N/NC(=O)c2cccc(Br)c2)c1. The van der Waals surface area contributed by atoms with Crippen molar-refractivity contribution in [3.8, 4) is 11.5 Å². The van der Waals surface area contributed by atoms with E-state index in [1.165, 1.54) is 19.4 Å². The standard InChI is InChI=1S/C15H13BrN2O3/c1-21-13-5-6-14(19)11(8-13)9-17-18-15(20)10-3-2-4-12(16)7-10/h2-9,19H,1H3,(H,18,20)/b17-9+. The molecule has 5 nitrogen and oxygen atoms in total. The Balaban J connectivity index is 2.07. The number of carbonyl (C=O) groups is 1. The number of amides is 1. The lowest BCUT2D eigenvalue weighted by atomic mass is 10.2. The average molecular weight is 349 g/mol. The first-order valence-corrected chi connectivity index (χ1v) is 6.85. The summed E-state index contributed by atoms with van der Waals surface area (Å²) in [6.07, 6.45) is 1.35. The number of nitrogens with one attached hydrogen (secondary N) is 1. The summed E-state index contributed by atoms with van der Waals surface area (Å²) in [5.74, 6) is 0.304. The lowest BCUT2D eigenvalue weighted by Gasteiger charge is -2.03. The fourth-order valence-corrected chi connectivity index (χ4v) is 2.02. The normalized spacial score (nSPS) is 10.6. The van der Waals surface area contributed by atoms with Gasteiger partial charge in [-0.3, -0.25) is 4.79 Å². The van der Waals surface area contributed by atoms with E-state index < -0.39 is 0 Å². The van der Waals surface area contributed by atoms with Crippen LogP contribution in [-0.4, -0.2) is 24.3 Å². The molecule has 2 N–H and O–H groups in total. The number of aromatic hydroxyl groups is 1. The van der Waals surface area contributed by atoms with Crippen LogP contribution in [0, 0.1) is 0 Å². The van der Waals surface area contributed by atoms with Gasteiger partial charge in [0.1, 0.15) is 11.5 Å². The summed E-state index contributed by atoms with van der Waals surface area (Å²) < 4.78 is 5.86. The van der Waals surface area contributed by atoms with Gasteiger partial charge in [-0.2, -0.15) is 5.10 Å². The van der Waals surface area contributed by atoms with Crippen LogP contribution < -0.4 is 10.2 Å². The smallest absolute Gasteiger partial charge is 0.271 e. The second kappa shape index (κ2) is 6.90. The lowest BCUT2D eigenvalue weighted by molar-refractivity contribution is 0.0955. The third-order valence-corrected chi connectivity index (χ3v) is 3.18. The van der Waals surface area contributed by atoms with E-state index in [9.17, 15) is 9.90 Å². The maximum absolute atomic E-state index is 11.9. The van der Waals surface area contributed by atoms with Crippen molar-refractivity contribution in [3.63, 3.8) is 0 Å². The number of ether oxygens (including phenoxy) is 1. The minimum atomic E-state index is -0.338. The Hall–Kier alpha value is -2.34. The van der Waals surface area contributed by atoms with E-state index in [2.05, 4.69) is 26.5 Å². The fourth-order valence-electron chi connectivity index (χ4n) is 1.62. The van der Waals surface area contributed by atoms with Crippen molar-refractivity contribution >= 4 is 28.1 Å². The van der Waals surface area contributed by atoms with Gasteiger partial charge >= 0.3 is 0 Å². The highest BCUT2D eigenvalue weighted by Gasteiger charge is 2.04. The zero-order valence-electron chi connectivity index (χ0n) is 11.2. The minimum Gasteiger partial charge on any atom is -0.507 e. The molecule has 0 radical (unpaired) electrons. The molecule has 0 saturated carbocycles. The monoisotopic (exact) mass is 348 g/mol. The average Bonchev–Trinajstić information content (AvgIpc) is 2.49. The summed E-state index contributed by atoms with van der Waals surface area (Å²) in [5, 5.41) is 13.5. The van der Waals surface area contributed by atoms with Gasteiger partial charge in [0.25, 0.3) is 5.91 Å². The number of halogens is 1. The molecule has 0 saturated heterocycles. The maximum Gasteiger partial charge on any atom is 0.271 e. The minimum absolute atomic E-state index is 0.0521. The predicted molar refractivity (Wildman–Crippen MR) is 83.9 cm³/mol. The summed E-state index contributed by atoms with van der Waals surface area (Å²) in [4.78, 5) is 11.9. The van der Waals surface area contributed by atoms with Crippen molar-refractivity contribution in [1.82, 2.24) is 5.43 Å². The Bertz CT molecular complexity index is 686. The number of phenolic OH excluding ortho intramolecular Hbond substituents is 1. The van der Waals surface area contributed by atoms with Gasteiger partial charge in [0.15, 0.2) is 0 Å². The zero-order valence-corrected chi connectivity index (χ0v) is 12.8. The molecule has 6 heteroatoms. The van der Waals surface area contributed by atoms with E-state index in [1.54, 1.807) is 30.3 Å². The second-order valence-corrected chi connectivity index (χ2v) is 5.05. The van der Waals surface area contributed by atoms with Gasteiger partial charge in [0.05, 0.1) is 13.3 Å². The van der Waals surface area contributed by atoms with Gasteiger partial charge in [0.2, 0.25) is 0 Å². The van der Waals surface area contributed by atoms with Gasteiger partial charge in [-0.15, -0.1) is 0 Å². The molecule has 1 amide bonds. The Morgan fingerprint density at radius 1 is 1.33 bits per heavy atom. The summed E-state index contributed by atoms with van der Waals surface area (Å²) >= 11 is 3.30. The van der Waals surface area contributed by atoms with Crippen molar-refractivity contribution in [2.45, 2.75) is 0 Å². The number of hydrazone groups is 1. The molecule has 108 valence electrons. The molecule has 0 aliphatic heterocycles. The molecule has 0 spiro atoms. The molecule has 0 aliphatic rings. The summed E-state index contributed by atoms with van der Waals surface area (Å²) in [7, 11) is 1.53. The van der Waals surface area contributed by atoms with Crippen LogP contribution in [0.5, 0.6) is 11.5 Å². The van der Waals surface area contributed by atoms with E-state index >= 15 is 0 Å². The van der Waals surface area contributed by atoms with Gasteiger partial charge in [-0.05, 0) is 36.4 Å². The lowest BCUT2D eigenvalue weighted by Crippen LogP contribution is -2.17. The molecule has 0 atom stereocenters. The molecule has 0 aromatic heterocycles. The van der Waals surface area contributed by atoms with Crippen LogP contribution in [0.15, 0.2) is 52.0 Å². The van der Waals surface area contributed by atoms with Crippen molar-refractivity contribution in [2.24, 2.45) is 5.10 Å². The van der Waals surface area contributed by atoms with Gasteiger partial charge < -0.3 is 9.84 Å². The van der Waals surface area contributed by atoms with Gasteiger partial charge in [-0.1, -0.05) is 22.0 Å². The number of hydrogen-bond acceptors (Lipinski definition) is 4. The Kier molecular flexibility index (Phi) is 4.94. The predicted octanol–water partition coefficient (Wildman–Crippen LogP) is 2.93. The molecule has 2 aromatic rings. The van der Waals surface area contributed by atoms with Crippen molar-refractivity contribution in [2.75, 3.05) is 7.11 Å². The number of hydrogen-bond donors (Lipinski definition) is 2.